The van der Waals surface area contributed by atoms with E-state index in [1.54, 1.807) is 18.2 Å². The number of carbonyl (C=O) groups is 1. The molecular weight excluding hydrogens is 472 g/mol. The molecule has 1 fully saturated rings. The van der Waals surface area contributed by atoms with Crippen molar-refractivity contribution in [3.8, 4) is 11.5 Å². The number of hydrogen-bond donors (Lipinski definition) is 1. The molecule has 1 heterocycles. The summed E-state index contributed by atoms with van der Waals surface area (Å²) >= 11 is 3.36. The predicted octanol–water partition coefficient (Wildman–Crippen LogP) is 4.04. The average molecular weight is 497 g/mol. The second kappa shape index (κ2) is 10.3. The Morgan fingerprint density at radius 2 is 1.77 bits per heavy atom. The summed E-state index contributed by atoms with van der Waals surface area (Å²) in [6.45, 7) is 0.792. The van der Waals surface area contributed by atoms with E-state index in [1.165, 1.54) is 23.5 Å². The highest BCUT2D eigenvalue weighted by Crippen LogP contribution is 2.30. The highest BCUT2D eigenvalue weighted by Gasteiger charge is 2.26. The van der Waals surface area contributed by atoms with Crippen molar-refractivity contribution in [3.63, 3.8) is 0 Å². The molecule has 1 aliphatic heterocycles. The van der Waals surface area contributed by atoms with Crippen LogP contribution in [0.4, 0.5) is 5.69 Å². The first-order valence-corrected chi connectivity index (χ1v) is 12.0. The first kappa shape index (κ1) is 22.6. The number of sulfonamides is 1. The third kappa shape index (κ3) is 5.53. The Hall–Kier alpha value is -2.10. The van der Waals surface area contributed by atoms with E-state index in [0.29, 0.717) is 24.6 Å². The molecule has 3 rings (SSSR count). The zero-order chi connectivity index (χ0) is 21.6. The van der Waals surface area contributed by atoms with Crippen LogP contribution in [0, 0.1) is 0 Å². The van der Waals surface area contributed by atoms with Crippen molar-refractivity contribution in [2.45, 2.75) is 30.6 Å². The molecule has 1 aliphatic rings. The molecule has 1 saturated heterocycles. The number of nitrogens with one attached hydrogen (secondary N) is 1. The van der Waals surface area contributed by atoms with E-state index in [9.17, 15) is 13.2 Å². The van der Waals surface area contributed by atoms with Gasteiger partial charge < -0.3 is 14.8 Å². The Morgan fingerprint density at radius 3 is 2.43 bits per heavy atom. The van der Waals surface area contributed by atoms with Crippen LogP contribution >= 0.6 is 15.9 Å². The second-order valence-electron chi connectivity index (χ2n) is 6.95. The van der Waals surface area contributed by atoms with Gasteiger partial charge in [-0.25, -0.2) is 8.42 Å². The van der Waals surface area contributed by atoms with Crippen LogP contribution in [0.25, 0.3) is 0 Å². The molecule has 2 aromatic rings. The molecule has 1 N–H and O–H groups in total. The molecule has 1 amide bonds. The maximum atomic E-state index is 13.1. The van der Waals surface area contributed by atoms with Crippen molar-refractivity contribution in [2.24, 2.45) is 0 Å². The number of para-hydroxylation sites is 1. The van der Waals surface area contributed by atoms with Gasteiger partial charge >= 0.3 is 0 Å². The lowest BCUT2D eigenvalue weighted by molar-refractivity contribution is -0.118. The molecule has 0 aliphatic carbocycles. The van der Waals surface area contributed by atoms with Crippen LogP contribution in [0.1, 0.15) is 25.7 Å². The van der Waals surface area contributed by atoms with Crippen LogP contribution in [-0.4, -0.2) is 45.4 Å². The summed E-state index contributed by atoms with van der Waals surface area (Å²) < 4.78 is 39.2. The molecule has 7 nitrogen and oxygen atoms in total. The highest BCUT2D eigenvalue weighted by atomic mass is 79.9. The Balaban J connectivity index is 1.75. The number of anilines is 1. The van der Waals surface area contributed by atoms with Crippen molar-refractivity contribution >= 4 is 37.5 Å². The number of amides is 1. The maximum absolute atomic E-state index is 13.1. The van der Waals surface area contributed by atoms with Crippen LogP contribution in [0.5, 0.6) is 11.5 Å². The monoisotopic (exact) mass is 496 g/mol. The molecule has 0 radical (unpaired) electrons. The van der Waals surface area contributed by atoms with Gasteiger partial charge in [0.05, 0.1) is 22.2 Å². The summed E-state index contributed by atoms with van der Waals surface area (Å²) in [5.41, 5.74) is 0.286. The van der Waals surface area contributed by atoms with Gasteiger partial charge in [0, 0.05) is 13.1 Å². The van der Waals surface area contributed by atoms with Crippen LogP contribution in [0.15, 0.2) is 51.8 Å². The highest BCUT2D eigenvalue weighted by molar-refractivity contribution is 9.10. The van der Waals surface area contributed by atoms with Gasteiger partial charge in [-0.05, 0) is 59.1 Å². The number of benzene rings is 2. The van der Waals surface area contributed by atoms with Gasteiger partial charge in [0.15, 0.2) is 6.61 Å². The van der Waals surface area contributed by atoms with Gasteiger partial charge in [0.2, 0.25) is 10.0 Å². The smallest absolute Gasteiger partial charge is 0.262 e. The summed E-state index contributed by atoms with van der Waals surface area (Å²) in [4.78, 5) is 12.5. The first-order valence-electron chi connectivity index (χ1n) is 9.77. The quantitative estimate of drug-likeness (QED) is 0.624. The van der Waals surface area contributed by atoms with Crippen LogP contribution in [0.3, 0.4) is 0 Å². The Labute approximate surface area is 185 Å². The van der Waals surface area contributed by atoms with E-state index in [4.69, 9.17) is 9.47 Å². The minimum Gasteiger partial charge on any atom is -0.495 e. The lowest BCUT2D eigenvalue weighted by atomic mass is 10.2. The van der Waals surface area contributed by atoms with E-state index >= 15 is 0 Å². The second-order valence-corrected chi connectivity index (χ2v) is 9.74. The molecular formula is C21H25BrN2O5S. The van der Waals surface area contributed by atoms with Crippen molar-refractivity contribution in [3.05, 3.63) is 46.9 Å². The van der Waals surface area contributed by atoms with Crippen LogP contribution < -0.4 is 14.8 Å². The Morgan fingerprint density at radius 1 is 1.07 bits per heavy atom. The summed E-state index contributed by atoms with van der Waals surface area (Å²) in [6.07, 6.45) is 3.78. The normalized spacial score (nSPS) is 15.3. The Kier molecular flexibility index (Phi) is 7.74. The summed E-state index contributed by atoms with van der Waals surface area (Å²) in [6, 6.07) is 11.7. The average Bonchev–Trinajstić information content (AvgIpc) is 3.03. The van der Waals surface area contributed by atoms with E-state index in [1.807, 2.05) is 12.1 Å². The molecule has 0 aromatic heterocycles. The predicted molar refractivity (Wildman–Crippen MR) is 118 cm³/mol. The third-order valence-electron chi connectivity index (χ3n) is 4.84. The largest absolute Gasteiger partial charge is 0.495 e. The van der Waals surface area contributed by atoms with Gasteiger partial charge in [-0.3, -0.25) is 4.79 Å². The first-order chi connectivity index (χ1) is 14.4. The number of methoxy groups -OCH3 is 1. The van der Waals surface area contributed by atoms with E-state index in [-0.39, 0.29) is 17.2 Å². The standard InChI is InChI=1S/C21H25BrN2O5S/c1-28-20-11-10-16(30(26,27)24-12-6-2-3-7-13-24)14-18(20)23-21(25)15-29-19-9-5-4-8-17(19)22/h4-5,8-11,14H,2-3,6-7,12-13,15H2,1H3,(H,23,25). The number of hydrogen-bond acceptors (Lipinski definition) is 5. The Bertz CT molecular complexity index is 989. The molecule has 0 unspecified atom stereocenters. The molecule has 2 aromatic carbocycles. The number of carbonyl (C=O) groups excluding carboxylic acids is 1. The van der Waals surface area contributed by atoms with Gasteiger partial charge in [-0.2, -0.15) is 4.31 Å². The molecule has 0 spiro atoms. The molecule has 30 heavy (non-hydrogen) atoms. The van der Waals surface area contributed by atoms with Crippen molar-refractivity contribution in [1.82, 2.24) is 4.31 Å². The molecule has 0 atom stereocenters. The molecule has 0 saturated carbocycles. The van der Waals surface area contributed by atoms with Crippen LogP contribution in [-0.2, 0) is 14.8 Å². The van der Waals surface area contributed by atoms with Gasteiger partial charge in [0.25, 0.3) is 5.91 Å². The summed E-state index contributed by atoms with van der Waals surface area (Å²) in [7, 11) is -2.18. The fourth-order valence-corrected chi connectivity index (χ4v) is 5.21. The SMILES string of the molecule is COc1ccc(S(=O)(=O)N2CCCCCC2)cc1NC(=O)COc1ccccc1Br. The molecule has 162 valence electrons. The van der Waals surface area contributed by atoms with E-state index < -0.39 is 15.9 Å². The van der Waals surface area contributed by atoms with Gasteiger partial charge in [-0.15, -0.1) is 0 Å². The van der Waals surface area contributed by atoms with Gasteiger partial charge in [-0.1, -0.05) is 25.0 Å². The van der Waals surface area contributed by atoms with Crippen molar-refractivity contribution in [2.75, 3.05) is 32.1 Å². The topological polar surface area (TPSA) is 84.9 Å². The lowest BCUT2D eigenvalue weighted by Gasteiger charge is -2.21. The summed E-state index contributed by atoms with van der Waals surface area (Å²) in [5.74, 6) is 0.490. The third-order valence-corrected chi connectivity index (χ3v) is 7.39. The van der Waals surface area contributed by atoms with E-state index in [0.717, 1.165) is 30.2 Å². The van der Waals surface area contributed by atoms with Crippen molar-refractivity contribution in [1.29, 1.82) is 0 Å². The number of halogens is 1. The zero-order valence-electron chi connectivity index (χ0n) is 16.8. The minimum absolute atomic E-state index is 0.132. The zero-order valence-corrected chi connectivity index (χ0v) is 19.2. The molecule has 9 heteroatoms. The summed E-state index contributed by atoms with van der Waals surface area (Å²) in [5, 5.41) is 2.69. The fraction of sp³-hybridized carbons (Fsp3) is 0.381. The van der Waals surface area contributed by atoms with Crippen LogP contribution in [0.2, 0.25) is 0 Å². The number of ether oxygens (including phenoxy) is 2. The van der Waals surface area contributed by atoms with Crippen molar-refractivity contribution < 1.29 is 22.7 Å². The van der Waals surface area contributed by atoms with E-state index in [2.05, 4.69) is 21.2 Å². The number of nitrogens with zero attached hydrogens (tertiary/aromatic N) is 1. The minimum atomic E-state index is -3.64. The maximum Gasteiger partial charge on any atom is 0.262 e. The fourth-order valence-electron chi connectivity index (χ4n) is 3.27. The molecule has 0 bridgehead atoms. The number of rotatable bonds is 7. The van der Waals surface area contributed by atoms with Gasteiger partial charge in [0.1, 0.15) is 11.5 Å². The lowest BCUT2D eigenvalue weighted by Crippen LogP contribution is -2.32.